The number of fused-ring (bicyclic) bond motifs is 1. The summed E-state index contributed by atoms with van der Waals surface area (Å²) in [5, 5.41) is 12.7. The third kappa shape index (κ3) is 4.47. The van der Waals surface area contributed by atoms with Crippen LogP contribution in [-0.2, 0) is 4.79 Å². The predicted molar refractivity (Wildman–Crippen MR) is 124 cm³/mol. The van der Waals surface area contributed by atoms with Crippen molar-refractivity contribution in [1.82, 2.24) is 24.7 Å². The number of thioether (sulfide) groups is 1. The van der Waals surface area contributed by atoms with Crippen LogP contribution in [0.2, 0.25) is 0 Å². The van der Waals surface area contributed by atoms with Crippen molar-refractivity contribution in [3.8, 4) is 16.9 Å². The average molecular weight is 445 g/mol. The Bertz CT molecular complexity index is 1280. The first-order valence-electron chi connectivity index (χ1n) is 9.45. The molecule has 3 aromatic heterocycles. The van der Waals surface area contributed by atoms with Gasteiger partial charge in [0.2, 0.25) is 5.91 Å². The van der Waals surface area contributed by atoms with Crippen LogP contribution in [0.25, 0.3) is 27.2 Å². The highest BCUT2D eigenvalue weighted by molar-refractivity contribution is 7.99. The zero-order chi connectivity index (χ0) is 21.0. The normalized spacial score (nSPS) is 11.0. The van der Waals surface area contributed by atoms with Gasteiger partial charge < -0.3 is 9.88 Å². The summed E-state index contributed by atoms with van der Waals surface area (Å²) in [5.41, 5.74) is 3.66. The number of aromatic nitrogens is 5. The average Bonchev–Trinajstić information content (AvgIpc) is 3.48. The Kier molecular flexibility index (Phi) is 5.42. The number of rotatable bonds is 6. The molecule has 0 unspecified atom stereocenters. The number of hydrogen-bond donors (Lipinski definition) is 1. The molecular formula is C22H16N6OS2. The quantitative estimate of drug-likeness (QED) is 0.383. The molecule has 0 radical (unpaired) electrons. The molecule has 0 saturated heterocycles. The highest BCUT2D eigenvalue weighted by Crippen LogP contribution is 2.26. The van der Waals surface area contributed by atoms with Crippen molar-refractivity contribution in [3.63, 3.8) is 0 Å². The number of benzene rings is 2. The Morgan fingerprint density at radius 3 is 2.65 bits per heavy atom. The minimum absolute atomic E-state index is 0.120. The lowest BCUT2D eigenvalue weighted by Crippen LogP contribution is -2.13. The van der Waals surface area contributed by atoms with Crippen molar-refractivity contribution < 1.29 is 4.79 Å². The Labute approximate surface area is 186 Å². The van der Waals surface area contributed by atoms with Crippen LogP contribution in [0, 0.1) is 0 Å². The SMILES string of the molecule is O=C(CSc1ccc(-c2ccc(-n3ccnc3)cc2)nn1)Nc1nc2ccccc2s1. The largest absolute Gasteiger partial charge is 0.306 e. The molecular weight excluding hydrogens is 428 g/mol. The highest BCUT2D eigenvalue weighted by Gasteiger charge is 2.09. The van der Waals surface area contributed by atoms with Gasteiger partial charge in [-0.2, -0.15) is 0 Å². The number of nitrogens with zero attached hydrogens (tertiary/aromatic N) is 5. The van der Waals surface area contributed by atoms with E-state index in [1.807, 2.05) is 71.4 Å². The molecule has 5 rings (SSSR count). The van der Waals surface area contributed by atoms with Crippen molar-refractivity contribution in [2.24, 2.45) is 0 Å². The van der Waals surface area contributed by atoms with Crippen molar-refractivity contribution in [1.29, 1.82) is 0 Å². The molecule has 31 heavy (non-hydrogen) atoms. The molecule has 0 aliphatic rings. The van der Waals surface area contributed by atoms with Gasteiger partial charge in [0.1, 0.15) is 5.03 Å². The molecule has 0 saturated carbocycles. The molecule has 1 amide bonds. The van der Waals surface area contributed by atoms with Gasteiger partial charge in [0.15, 0.2) is 5.13 Å². The second kappa shape index (κ2) is 8.66. The fourth-order valence-corrected chi connectivity index (χ4v) is 4.48. The molecule has 0 bridgehead atoms. The van der Waals surface area contributed by atoms with E-state index in [1.165, 1.54) is 23.1 Å². The first-order chi connectivity index (χ1) is 15.2. The summed E-state index contributed by atoms with van der Waals surface area (Å²) in [4.78, 5) is 20.7. The fourth-order valence-electron chi connectivity index (χ4n) is 2.99. The second-order valence-electron chi connectivity index (χ2n) is 6.60. The Hall–Kier alpha value is -3.56. The zero-order valence-electron chi connectivity index (χ0n) is 16.2. The molecule has 0 fully saturated rings. The molecule has 0 spiro atoms. The number of imidazole rings is 1. The van der Waals surface area contributed by atoms with Gasteiger partial charge in [-0.05, 0) is 36.4 Å². The minimum atomic E-state index is -0.120. The van der Waals surface area contributed by atoms with Crippen LogP contribution in [0.5, 0.6) is 0 Å². The minimum Gasteiger partial charge on any atom is -0.306 e. The van der Waals surface area contributed by atoms with E-state index in [2.05, 4.69) is 25.5 Å². The molecule has 0 atom stereocenters. The first-order valence-corrected chi connectivity index (χ1v) is 11.3. The molecule has 7 nitrogen and oxygen atoms in total. The predicted octanol–water partition coefficient (Wildman–Crippen LogP) is 4.67. The fraction of sp³-hybridized carbons (Fsp3) is 0.0455. The van der Waals surface area contributed by atoms with Crippen molar-refractivity contribution in [2.75, 3.05) is 11.1 Å². The smallest absolute Gasteiger partial charge is 0.236 e. The third-order valence-corrected chi connectivity index (χ3v) is 6.37. The summed E-state index contributed by atoms with van der Waals surface area (Å²) < 4.78 is 2.99. The van der Waals surface area contributed by atoms with Gasteiger partial charge in [0.05, 0.1) is 28.0 Å². The summed E-state index contributed by atoms with van der Waals surface area (Å²) in [6, 6.07) is 19.6. The van der Waals surface area contributed by atoms with Crippen molar-refractivity contribution >= 4 is 44.4 Å². The number of nitrogens with one attached hydrogen (secondary N) is 1. The molecule has 2 aromatic carbocycles. The van der Waals surface area contributed by atoms with Gasteiger partial charge in [-0.25, -0.2) is 9.97 Å². The lowest BCUT2D eigenvalue weighted by atomic mass is 10.1. The second-order valence-corrected chi connectivity index (χ2v) is 8.62. The summed E-state index contributed by atoms with van der Waals surface area (Å²) >= 11 is 2.80. The Morgan fingerprint density at radius 2 is 1.90 bits per heavy atom. The third-order valence-electron chi connectivity index (χ3n) is 4.50. The first kappa shape index (κ1) is 19.4. The van der Waals surface area contributed by atoms with Gasteiger partial charge in [0.25, 0.3) is 0 Å². The number of hydrogen-bond acceptors (Lipinski definition) is 7. The van der Waals surface area contributed by atoms with Crippen LogP contribution in [0.15, 0.2) is 84.4 Å². The molecule has 0 aliphatic heterocycles. The van der Waals surface area contributed by atoms with Crippen LogP contribution in [0.1, 0.15) is 0 Å². The number of thiazole rings is 1. The molecule has 0 aliphatic carbocycles. The number of para-hydroxylation sites is 1. The lowest BCUT2D eigenvalue weighted by molar-refractivity contribution is -0.113. The monoisotopic (exact) mass is 444 g/mol. The van der Waals surface area contributed by atoms with Crippen LogP contribution < -0.4 is 5.32 Å². The van der Waals surface area contributed by atoms with Crippen LogP contribution in [0.4, 0.5) is 5.13 Å². The van der Waals surface area contributed by atoms with Crippen molar-refractivity contribution in [3.05, 3.63) is 79.4 Å². The Morgan fingerprint density at radius 1 is 1.03 bits per heavy atom. The molecule has 152 valence electrons. The van der Waals surface area contributed by atoms with E-state index in [-0.39, 0.29) is 11.7 Å². The van der Waals surface area contributed by atoms with Crippen molar-refractivity contribution in [2.45, 2.75) is 5.03 Å². The maximum absolute atomic E-state index is 12.3. The summed E-state index contributed by atoms with van der Waals surface area (Å²) in [6.45, 7) is 0. The van der Waals surface area contributed by atoms with E-state index in [0.29, 0.717) is 10.2 Å². The van der Waals surface area contributed by atoms with Gasteiger partial charge >= 0.3 is 0 Å². The van der Waals surface area contributed by atoms with E-state index in [4.69, 9.17) is 0 Å². The summed E-state index contributed by atoms with van der Waals surface area (Å²) in [7, 11) is 0. The molecule has 9 heteroatoms. The number of carbonyl (C=O) groups excluding carboxylic acids is 1. The van der Waals surface area contributed by atoms with Gasteiger partial charge in [-0.15, -0.1) is 10.2 Å². The van der Waals surface area contributed by atoms with Gasteiger partial charge in [0, 0.05) is 23.6 Å². The maximum atomic E-state index is 12.3. The molecule has 1 N–H and O–H groups in total. The standard InChI is InChI=1S/C22H16N6OS2/c29-20(25-22-24-18-3-1-2-4-19(18)31-22)13-30-21-10-9-17(26-27-21)15-5-7-16(8-6-15)28-12-11-23-14-28/h1-12,14H,13H2,(H,24,25,29). The van der Waals surface area contributed by atoms with E-state index in [0.717, 1.165) is 27.2 Å². The number of carbonyl (C=O) groups is 1. The highest BCUT2D eigenvalue weighted by atomic mass is 32.2. The van der Waals surface area contributed by atoms with E-state index in [1.54, 1.807) is 12.5 Å². The molecule has 5 aromatic rings. The van der Waals surface area contributed by atoms with Crippen LogP contribution in [0.3, 0.4) is 0 Å². The number of amides is 1. The van der Waals surface area contributed by atoms with Gasteiger partial charge in [-0.3, -0.25) is 4.79 Å². The maximum Gasteiger partial charge on any atom is 0.236 e. The zero-order valence-corrected chi connectivity index (χ0v) is 17.8. The topological polar surface area (TPSA) is 85.6 Å². The van der Waals surface area contributed by atoms with E-state index >= 15 is 0 Å². The van der Waals surface area contributed by atoms with Crippen LogP contribution in [-0.4, -0.2) is 36.4 Å². The van der Waals surface area contributed by atoms with Crippen LogP contribution >= 0.6 is 23.1 Å². The van der Waals surface area contributed by atoms with E-state index in [9.17, 15) is 4.79 Å². The Balaban J connectivity index is 1.18. The molecule has 3 heterocycles. The summed E-state index contributed by atoms with van der Waals surface area (Å²) in [5.74, 6) is 0.119. The van der Waals surface area contributed by atoms with E-state index < -0.39 is 0 Å². The summed E-state index contributed by atoms with van der Waals surface area (Å²) in [6.07, 6.45) is 5.40. The number of anilines is 1. The lowest BCUT2D eigenvalue weighted by Gasteiger charge is -2.05. The van der Waals surface area contributed by atoms with Gasteiger partial charge in [-0.1, -0.05) is 47.4 Å².